The molecule has 0 bridgehead atoms. The Bertz CT molecular complexity index is 1220. The number of rotatable bonds is 5. The van der Waals surface area contributed by atoms with E-state index in [9.17, 15) is 10.2 Å². The van der Waals surface area contributed by atoms with Gasteiger partial charge in [-0.25, -0.2) is 9.97 Å². The van der Waals surface area contributed by atoms with Crippen molar-refractivity contribution in [2.75, 3.05) is 13.2 Å². The molecule has 5 rings (SSSR count). The molecule has 1 saturated heterocycles. The molecule has 0 spiro atoms. The Labute approximate surface area is 194 Å². The van der Waals surface area contributed by atoms with E-state index in [1.54, 1.807) is 0 Å². The third kappa shape index (κ3) is 4.40. The summed E-state index contributed by atoms with van der Waals surface area (Å²) in [4.78, 5) is 12.6. The van der Waals surface area contributed by atoms with Crippen LogP contribution in [0.2, 0.25) is 5.02 Å². The molecule has 1 fully saturated rings. The number of aromatic nitrogens is 3. The van der Waals surface area contributed by atoms with Crippen molar-refractivity contribution in [3.8, 4) is 22.4 Å². The molecule has 0 amide bonds. The van der Waals surface area contributed by atoms with E-state index in [-0.39, 0.29) is 11.9 Å². The van der Waals surface area contributed by atoms with Crippen LogP contribution in [-0.2, 0) is 4.74 Å². The standard InChI is InChI=1S/C24H22ClN3O3S/c25-18-11-19-23(28-24(26-19)32-17-10-20(30)21(12-29)31-13-17)27-22(18)16-8-6-15(7-9-16)14-4-2-1-3-5-14/h1-9,11,17,20-21,29-30H,10,12-13H2,(H,26,27,28)/t17-,20-,21+/m0/s1. The number of aromatic amines is 1. The predicted molar refractivity (Wildman–Crippen MR) is 127 cm³/mol. The molecule has 3 atom stereocenters. The average molecular weight is 468 g/mol. The fourth-order valence-corrected chi connectivity index (χ4v) is 5.17. The van der Waals surface area contributed by atoms with Gasteiger partial charge in [-0.2, -0.15) is 0 Å². The molecule has 4 aromatic rings. The van der Waals surface area contributed by atoms with Gasteiger partial charge in [-0.1, -0.05) is 78.0 Å². The quantitative estimate of drug-likeness (QED) is 0.399. The molecule has 32 heavy (non-hydrogen) atoms. The second kappa shape index (κ2) is 9.21. The lowest BCUT2D eigenvalue weighted by Gasteiger charge is -2.31. The molecule has 0 aliphatic carbocycles. The minimum Gasteiger partial charge on any atom is -0.394 e. The van der Waals surface area contributed by atoms with Crippen molar-refractivity contribution in [3.63, 3.8) is 0 Å². The summed E-state index contributed by atoms with van der Waals surface area (Å²) in [6, 6.07) is 20.2. The molecular formula is C24H22ClN3O3S. The molecule has 2 aromatic heterocycles. The maximum absolute atomic E-state index is 10.1. The SMILES string of the molecule is OC[C@H]1OC[C@@H](Sc2nc3nc(-c4ccc(-c5ccccc5)cc4)c(Cl)cc3[nH]2)C[C@@H]1O. The Hall–Kier alpha value is -2.42. The second-order valence-corrected chi connectivity index (χ2v) is 9.47. The van der Waals surface area contributed by atoms with Crippen molar-refractivity contribution in [3.05, 3.63) is 65.7 Å². The van der Waals surface area contributed by atoms with Gasteiger partial charge in [0.25, 0.3) is 0 Å². The number of thioether (sulfide) groups is 1. The lowest BCUT2D eigenvalue weighted by Crippen LogP contribution is -2.41. The summed E-state index contributed by atoms with van der Waals surface area (Å²) < 4.78 is 5.54. The molecule has 1 aliphatic rings. The van der Waals surface area contributed by atoms with Gasteiger partial charge >= 0.3 is 0 Å². The van der Waals surface area contributed by atoms with E-state index in [0.29, 0.717) is 34.5 Å². The third-order valence-corrected chi connectivity index (χ3v) is 6.92. The third-order valence-electron chi connectivity index (χ3n) is 5.56. The van der Waals surface area contributed by atoms with Gasteiger partial charge in [0, 0.05) is 10.8 Å². The van der Waals surface area contributed by atoms with E-state index >= 15 is 0 Å². The summed E-state index contributed by atoms with van der Waals surface area (Å²) in [7, 11) is 0. The van der Waals surface area contributed by atoms with Crippen molar-refractivity contribution < 1.29 is 14.9 Å². The zero-order chi connectivity index (χ0) is 22.1. The van der Waals surface area contributed by atoms with Crippen LogP contribution in [0.4, 0.5) is 0 Å². The number of nitrogens with zero attached hydrogens (tertiary/aromatic N) is 2. The summed E-state index contributed by atoms with van der Waals surface area (Å²) in [5, 5.41) is 20.6. The van der Waals surface area contributed by atoms with Crippen LogP contribution in [0, 0.1) is 0 Å². The first kappa shape index (κ1) is 21.4. The lowest BCUT2D eigenvalue weighted by atomic mass is 10.0. The highest BCUT2D eigenvalue weighted by atomic mass is 35.5. The number of aliphatic hydroxyl groups excluding tert-OH is 2. The Balaban J connectivity index is 1.37. The monoisotopic (exact) mass is 467 g/mol. The van der Waals surface area contributed by atoms with Crippen LogP contribution < -0.4 is 0 Å². The first-order valence-corrected chi connectivity index (χ1v) is 11.7. The van der Waals surface area contributed by atoms with E-state index in [0.717, 1.165) is 22.2 Å². The zero-order valence-corrected chi connectivity index (χ0v) is 18.7. The van der Waals surface area contributed by atoms with Crippen LogP contribution in [0.1, 0.15) is 6.42 Å². The topological polar surface area (TPSA) is 91.3 Å². The first-order chi connectivity index (χ1) is 15.6. The Morgan fingerprint density at radius 2 is 1.75 bits per heavy atom. The number of hydrogen-bond donors (Lipinski definition) is 3. The second-order valence-electron chi connectivity index (χ2n) is 7.77. The largest absolute Gasteiger partial charge is 0.394 e. The van der Waals surface area contributed by atoms with Crippen molar-refractivity contribution >= 4 is 34.5 Å². The van der Waals surface area contributed by atoms with Crippen LogP contribution in [-0.4, -0.2) is 55.8 Å². The molecule has 2 aromatic carbocycles. The van der Waals surface area contributed by atoms with Gasteiger partial charge in [-0.15, -0.1) is 0 Å². The van der Waals surface area contributed by atoms with Crippen molar-refractivity contribution in [1.82, 2.24) is 15.0 Å². The van der Waals surface area contributed by atoms with Gasteiger partial charge in [0.15, 0.2) is 10.8 Å². The molecule has 0 radical (unpaired) electrons. The van der Waals surface area contributed by atoms with Crippen LogP contribution in [0.5, 0.6) is 0 Å². The number of fused-ring (bicyclic) bond motifs is 1. The maximum atomic E-state index is 10.1. The summed E-state index contributed by atoms with van der Waals surface area (Å²) in [5.41, 5.74) is 5.24. The van der Waals surface area contributed by atoms with Crippen molar-refractivity contribution in [1.29, 1.82) is 0 Å². The molecule has 0 saturated carbocycles. The predicted octanol–water partition coefficient (Wildman–Crippen LogP) is 4.55. The fourth-order valence-electron chi connectivity index (χ4n) is 3.85. The van der Waals surface area contributed by atoms with Crippen molar-refractivity contribution in [2.45, 2.75) is 29.0 Å². The number of benzene rings is 2. The summed E-state index contributed by atoms with van der Waals surface area (Å²) in [6.45, 7) is 0.262. The number of hydrogen-bond acceptors (Lipinski definition) is 6. The van der Waals surface area contributed by atoms with Gasteiger partial charge in [0.2, 0.25) is 0 Å². The van der Waals surface area contributed by atoms with Crippen LogP contribution in [0.3, 0.4) is 0 Å². The van der Waals surface area contributed by atoms with Gasteiger partial charge in [0.1, 0.15) is 6.10 Å². The van der Waals surface area contributed by atoms with E-state index < -0.39 is 12.2 Å². The number of nitrogens with one attached hydrogen (secondary N) is 1. The molecule has 3 N–H and O–H groups in total. The normalized spacial score (nSPS) is 21.2. The van der Waals surface area contributed by atoms with Crippen LogP contribution in [0.15, 0.2) is 65.8 Å². The minimum absolute atomic E-state index is 0.0360. The smallest absolute Gasteiger partial charge is 0.179 e. The molecule has 164 valence electrons. The fraction of sp³-hybridized carbons (Fsp3) is 0.250. The molecule has 8 heteroatoms. The Kier molecular flexibility index (Phi) is 6.17. The molecule has 1 aliphatic heterocycles. The lowest BCUT2D eigenvalue weighted by molar-refractivity contribution is -0.0915. The van der Waals surface area contributed by atoms with Crippen LogP contribution >= 0.6 is 23.4 Å². The molecule has 0 unspecified atom stereocenters. The number of ether oxygens (including phenoxy) is 1. The summed E-state index contributed by atoms with van der Waals surface area (Å²) >= 11 is 8.05. The summed E-state index contributed by atoms with van der Waals surface area (Å²) in [6.07, 6.45) is -0.673. The molecular weight excluding hydrogens is 446 g/mol. The molecule has 6 nitrogen and oxygen atoms in total. The number of aliphatic hydroxyl groups is 2. The first-order valence-electron chi connectivity index (χ1n) is 10.4. The van der Waals surface area contributed by atoms with E-state index in [4.69, 9.17) is 21.3 Å². The Morgan fingerprint density at radius 3 is 2.47 bits per heavy atom. The van der Waals surface area contributed by atoms with Gasteiger partial charge in [-0.3, -0.25) is 0 Å². The van der Waals surface area contributed by atoms with E-state index in [1.165, 1.54) is 11.8 Å². The van der Waals surface area contributed by atoms with Crippen molar-refractivity contribution in [2.24, 2.45) is 0 Å². The van der Waals surface area contributed by atoms with Crippen LogP contribution in [0.25, 0.3) is 33.5 Å². The highest BCUT2D eigenvalue weighted by molar-refractivity contribution is 7.99. The minimum atomic E-state index is -0.686. The summed E-state index contributed by atoms with van der Waals surface area (Å²) in [5.74, 6) is 0. The number of imidazole rings is 1. The number of halogens is 1. The Morgan fingerprint density at radius 1 is 1.03 bits per heavy atom. The highest BCUT2D eigenvalue weighted by Crippen LogP contribution is 2.33. The van der Waals surface area contributed by atoms with Gasteiger partial charge < -0.3 is 19.9 Å². The highest BCUT2D eigenvalue weighted by Gasteiger charge is 2.30. The van der Waals surface area contributed by atoms with Gasteiger partial charge in [0.05, 0.1) is 35.6 Å². The number of pyridine rings is 1. The zero-order valence-electron chi connectivity index (χ0n) is 17.1. The van der Waals surface area contributed by atoms with E-state index in [1.807, 2.05) is 36.4 Å². The van der Waals surface area contributed by atoms with E-state index in [2.05, 4.69) is 34.2 Å². The molecule has 3 heterocycles. The van der Waals surface area contributed by atoms with Gasteiger partial charge in [-0.05, 0) is 23.6 Å². The maximum Gasteiger partial charge on any atom is 0.179 e. The number of H-pyrrole nitrogens is 1. The average Bonchev–Trinajstić information content (AvgIpc) is 3.20.